The van der Waals surface area contributed by atoms with Gasteiger partial charge in [0.25, 0.3) is 40.5 Å². The molecule has 7 N–H and O–H groups in total. The molecule has 0 fully saturated rings. The molecule has 0 saturated carbocycles. The quantitative estimate of drug-likeness (QED) is 0.0245. The van der Waals surface area contributed by atoms with Crippen molar-refractivity contribution in [2.45, 2.75) is 141 Å². The Morgan fingerprint density at radius 1 is 0.568 bits per heavy atom. The molecule has 0 radical (unpaired) electrons. The van der Waals surface area contributed by atoms with E-state index in [1.807, 2.05) is 34.6 Å². The van der Waals surface area contributed by atoms with Crippen molar-refractivity contribution in [2.24, 2.45) is 5.73 Å². The Balaban J connectivity index is 1.15. The van der Waals surface area contributed by atoms with Crippen molar-refractivity contribution in [1.82, 2.24) is 5.32 Å². The summed E-state index contributed by atoms with van der Waals surface area (Å²) in [7, 11) is -19.6. The highest BCUT2D eigenvalue weighted by molar-refractivity contribution is 7.87. The molecule has 2 aliphatic heterocycles. The van der Waals surface area contributed by atoms with Crippen LogP contribution in [0.3, 0.4) is 0 Å². The fourth-order valence-electron chi connectivity index (χ4n) is 11.1. The molecule has 2 aliphatic rings. The van der Waals surface area contributed by atoms with Crippen molar-refractivity contribution in [3.8, 4) is 0 Å². The van der Waals surface area contributed by atoms with Crippen LogP contribution in [0.25, 0.3) is 21.5 Å². The first-order chi connectivity index (χ1) is 34.6. The van der Waals surface area contributed by atoms with Crippen LogP contribution >= 0.6 is 0 Å². The van der Waals surface area contributed by atoms with E-state index in [9.17, 15) is 56.7 Å². The van der Waals surface area contributed by atoms with E-state index < -0.39 is 70.9 Å². The number of nitrogens with zero attached hydrogens (tertiary/aromatic N) is 2. The topological polar surface area (TPSA) is 307 Å². The normalized spacial score (nSPS) is 17.6. The molecule has 6 rings (SSSR count). The second-order valence-corrected chi connectivity index (χ2v) is 25.7. The van der Waals surface area contributed by atoms with Gasteiger partial charge in [-0.15, -0.1) is 0 Å². The standard InChI is InChI=1S/C50H72N4O16S4/c1-6-53-40-19-17-36-38(30-34(71(56,57)58)32-42(36)73(62,63)64)47(40)49(2,3)44(53)14-8-7-9-15-45-50(4,5)48-39-31-35(72(59,60)61)33-43(74(65,66)67)37(39)18-20-41(48)54(45)23-11-10-16-46(55)52-22-13-25-69-27-29-70-28-26-68-24-12-21-51/h17-20,30-33,44-45H,6-16,21-29,51H2,1-5H3,(H,52,55)(H,56,57,58)(H,59,60,61)(H,62,63,64)(H,65,66,67). The number of rotatable bonds is 29. The fraction of sp³-hybridized carbons (Fsp3) is 0.580. The number of carbonyl (C=O) groups is 1. The number of hydrogen-bond donors (Lipinski definition) is 6. The van der Waals surface area contributed by atoms with Crippen molar-refractivity contribution in [3.63, 3.8) is 0 Å². The predicted molar refractivity (Wildman–Crippen MR) is 282 cm³/mol. The average Bonchev–Trinajstić information content (AvgIpc) is 3.67. The zero-order chi connectivity index (χ0) is 54.4. The van der Waals surface area contributed by atoms with Crippen molar-refractivity contribution < 1.29 is 70.9 Å². The molecule has 0 spiro atoms. The zero-order valence-corrected chi connectivity index (χ0v) is 46.0. The molecule has 4 aromatic rings. The molecular formula is C50H72N4O16S4. The maximum Gasteiger partial charge on any atom is 0.295 e. The molecule has 412 valence electrons. The lowest BCUT2D eigenvalue weighted by molar-refractivity contribution is -0.121. The molecule has 0 aromatic heterocycles. The highest BCUT2D eigenvalue weighted by Crippen LogP contribution is 2.53. The number of hydrogen-bond acceptors (Lipinski definition) is 15. The molecule has 2 atom stereocenters. The van der Waals surface area contributed by atoms with E-state index in [0.717, 1.165) is 49.2 Å². The number of nitrogens with one attached hydrogen (secondary N) is 1. The van der Waals surface area contributed by atoms with E-state index in [2.05, 4.69) is 15.1 Å². The Bertz CT molecular complexity index is 3130. The first-order valence-corrected chi connectivity index (χ1v) is 30.8. The lowest BCUT2D eigenvalue weighted by atomic mass is 9.76. The van der Waals surface area contributed by atoms with Crippen molar-refractivity contribution in [2.75, 3.05) is 75.6 Å². The number of nitrogens with two attached hydrogens (primary N) is 1. The molecular weight excluding hydrogens is 1040 g/mol. The number of fused-ring (bicyclic) bond motifs is 6. The Hall–Kier alpha value is -4.05. The Labute approximate surface area is 435 Å². The third-order valence-corrected chi connectivity index (χ3v) is 17.9. The number of likely N-dealkylation sites (N-methyl/N-ethyl adjacent to an activating group) is 1. The monoisotopic (exact) mass is 1110 g/mol. The van der Waals surface area contributed by atoms with Crippen molar-refractivity contribution in [1.29, 1.82) is 0 Å². The molecule has 20 nitrogen and oxygen atoms in total. The van der Waals surface area contributed by atoms with Crippen LogP contribution in [0.2, 0.25) is 0 Å². The lowest BCUT2D eigenvalue weighted by Gasteiger charge is -2.36. The van der Waals surface area contributed by atoms with Crippen LogP contribution in [0.1, 0.15) is 110 Å². The van der Waals surface area contributed by atoms with Gasteiger partial charge in [0.1, 0.15) is 9.79 Å². The third-order valence-electron chi connectivity index (χ3n) is 14.4. The van der Waals surface area contributed by atoms with Crippen molar-refractivity contribution in [3.05, 3.63) is 59.7 Å². The maximum atomic E-state index is 12.9. The van der Waals surface area contributed by atoms with Gasteiger partial charge in [-0.1, -0.05) is 59.1 Å². The summed E-state index contributed by atoms with van der Waals surface area (Å²) in [5.41, 5.74) is 6.92. The van der Waals surface area contributed by atoms with Crippen LogP contribution in [0.4, 0.5) is 11.4 Å². The second-order valence-electron chi connectivity index (χ2n) is 20.1. The molecule has 0 saturated heterocycles. The Kier molecular flexibility index (Phi) is 19.3. The van der Waals surface area contributed by atoms with Gasteiger partial charge in [-0.2, -0.15) is 33.7 Å². The summed E-state index contributed by atoms with van der Waals surface area (Å²) in [6.45, 7) is 15.0. The van der Waals surface area contributed by atoms with Gasteiger partial charge in [0.2, 0.25) is 5.91 Å². The van der Waals surface area contributed by atoms with Gasteiger partial charge in [0, 0.05) is 84.3 Å². The number of benzene rings is 4. The van der Waals surface area contributed by atoms with Gasteiger partial charge < -0.3 is 35.1 Å². The zero-order valence-electron chi connectivity index (χ0n) is 42.7. The first kappa shape index (κ1) is 59.2. The van der Waals surface area contributed by atoms with Crippen LogP contribution in [-0.4, -0.2) is 136 Å². The van der Waals surface area contributed by atoms with Crippen LogP contribution < -0.4 is 20.9 Å². The highest BCUT2D eigenvalue weighted by atomic mass is 32.2. The minimum atomic E-state index is -4.94. The summed E-state index contributed by atoms with van der Waals surface area (Å²) in [4.78, 5) is 14.7. The van der Waals surface area contributed by atoms with Gasteiger partial charge >= 0.3 is 0 Å². The molecule has 0 aliphatic carbocycles. The molecule has 4 aromatic carbocycles. The van der Waals surface area contributed by atoms with E-state index in [-0.39, 0.29) is 46.0 Å². The average molecular weight is 1110 g/mol. The number of unbranched alkanes of at least 4 members (excludes halogenated alkanes) is 3. The van der Waals surface area contributed by atoms with Gasteiger partial charge in [0.15, 0.2) is 0 Å². The summed E-state index contributed by atoms with van der Waals surface area (Å²) in [5, 5.41) is 3.71. The van der Waals surface area contributed by atoms with E-state index in [4.69, 9.17) is 19.9 Å². The maximum absolute atomic E-state index is 12.9. The molecule has 24 heteroatoms. The minimum absolute atomic E-state index is 0.0967. The summed E-state index contributed by atoms with van der Waals surface area (Å²) >= 11 is 0. The largest absolute Gasteiger partial charge is 0.379 e. The Morgan fingerprint density at radius 3 is 1.46 bits per heavy atom. The van der Waals surface area contributed by atoms with E-state index >= 15 is 0 Å². The Morgan fingerprint density at radius 2 is 1.01 bits per heavy atom. The number of anilines is 2. The van der Waals surface area contributed by atoms with E-state index in [0.29, 0.717) is 109 Å². The van der Waals surface area contributed by atoms with Gasteiger partial charge in [-0.25, -0.2) is 0 Å². The van der Waals surface area contributed by atoms with Crippen LogP contribution in [0.15, 0.2) is 68.1 Å². The van der Waals surface area contributed by atoms with Crippen LogP contribution in [0, 0.1) is 0 Å². The molecule has 2 heterocycles. The van der Waals surface area contributed by atoms with Gasteiger partial charge in [-0.05, 0) is 110 Å². The first-order valence-electron chi connectivity index (χ1n) is 25.0. The molecule has 74 heavy (non-hydrogen) atoms. The second kappa shape index (κ2) is 24.1. The summed E-state index contributed by atoms with van der Waals surface area (Å²) < 4.78 is 157. The fourth-order valence-corrected chi connectivity index (χ4v) is 13.8. The smallest absolute Gasteiger partial charge is 0.295 e. The molecule has 2 unspecified atom stereocenters. The van der Waals surface area contributed by atoms with Crippen molar-refractivity contribution >= 4 is 79.3 Å². The summed E-state index contributed by atoms with van der Waals surface area (Å²) in [6, 6.07) is 10.3. The SMILES string of the molecule is CCN1c2ccc3c(S(=O)(=O)O)cc(S(=O)(=O)O)cc3c2C(C)(C)C1CCCCCC1N(CCCCC(=O)NCCCOCCOCCOCCCN)c2ccc3c(S(=O)(=O)O)cc(S(=O)(=O)O)cc3c2C1(C)C. The lowest BCUT2D eigenvalue weighted by Crippen LogP contribution is -2.42. The third kappa shape index (κ3) is 13.5. The molecule has 0 bridgehead atoms. The highest BCUT2D eigenvalue weighted by Gasteiger charge is 2.47. The number of ether oxygens (including phenoxy) is 3. The van der Waals surface area contributed by atoms with E-state index in [1.54, 1.807) is 12.1 Å². The van der Waals surface area contributed by atoms with Gasteiger partial charge in [0.05, 0.1) is 36.2 Å². The van der Waals surface area contributed by atoms with Crippen LogP contribution in [-0.2, 0) is 70.3 Å². The predicted octanol–water partition coefficient (Wildman–Crippen LogP) is 6.66. The molecule has 1 amide bonds. The summed E-state index contributed by atoms with van der Waals surface area (Å²) in [6.07, 6.45) is 6.47. The van der Waals surface area contributed by atoms with Gasteiger partial charge in [-0.3, -0.25) is 23.0 Å². The number of amides is 1. The number of carbonyl (C=O) groups excluding carboxylic acids is 1. The minimum Gasteiger partial charge on any atom is -0.379 e. The van der Waals surface area contributed by atoms with Crippen LogP contribution in [0.5, 0.6) is 0 Å². The summed E-state index contributed by atoms with van der Waals surface area (Å²) in [5.74, 6) is -0.0998. The van der Waals surface area contributed by atoms with E-state index in [1.165, 1.54) is 24.3 Å².